The van der Waals surface area contributed by atoms with Crippen LogP contribution in [-0.2, 0) is 4.74 Å². The fourth-order valence-electron chi connectivity index (χ4n) is 1.11. The highest BCUT2D eigenvalue weighted by atomic mass is 32.2. The summed E-state index contributed by atoms with van der Waals surface area (Å²) in [4.78, 5) is 15.3. The number of hydrogen-bond donors (Lipinski definition) is 0. The molecule has 0 amide bonds. The number of aromatic nitrogens is 1. The van der Waals surface area contributed by atoms with Gasteiger partial charge in [-0.15, -0.1) is 0 Å². The Bertz CT molecular complexity index is 303. The predicted molar refractivity (Wildman–Crippen MR) is 66.8 cm³/mol. The maximum absolute atomic E-state index is 11.5. The van der Waals surface area contributed by atoms with E-state index in [9.17, 15) is 4.79 Å². The van der Waals surface area contributed by atoms with Crippen molar-refractivity contribution in [1.29, 1.82) is 0 Å². The third-order valence-electron chi connectivity index (χ3n) is 2.00. The molecule has 0 N–H and O–H groups in total. The molecule has 1 rings (SSSR count). The lowest BCUT2D eigenvalue weighted by molar-refractivity contribution is 0.0530. The van der Waals surface area contributed by atoms with Gasteiger partial charge in [-0.05, 0) is 24.3 Å². The van der Waals surface area contributed by atoms with Gasteiger partial charge in [0.2, 0.25) is 0 Å². The summed E-state index contributed by atoms with van der Waals surface area (Å²) in [7, 11) is 0. The minimum atomic E-state index is -0.288. The Balaban J connectivity index is 2.12. The Hall–Kier alpha value is -1.03. The summed E-state index contributed by atoms with van der Waals surface area (Å²) >= 11 is 1.82. The molecule has 1 heterocycles. The van der Waals surface area contributed by atoms with E-state index in [1.165, 1.54) is 19.0 Å². The first-order chi connectivity index (χ1) is 7.84. The zero-order valence-electron chi connectivity index (χ0n) is 9.52. The molecule has 1 aromatic rings. The maximum atomic E-state index is 11.5. The van der Waals surface area contributed by atoms with Crippen LogP contribution in [0.3, 0.4) is 0 Å². The van der Waals surface area contributed by atoms with Crippen LogP contribution in [0, 0.1) is 0 Å². The molecule has 0 aliphatic carbocycles. The third-order valence-corrected chi connectivity index (χ3v) is 3.03. The number of esters is 1. The standard InChI is InChI=1S/C12H17NO2S/c1-2-3-8-16-9-7-15-12(14)11-5-4-6-13-10-11/h4-6,10H,2-3,7-9H2,1H3. The van der Waals surface area contributed by atoms with E-state index in [0.717, 1.165) is 11.5 Å². The highest BCUT2D eigenvalue weighted by Crippen LogP contribution is 2.05. The minimum Gasteiger partial charge on any atom is -0.461 e. The number of carbonyl (C=O) groups is 1. The molecule has 0 saturated carbocycles. The van der Waals surface area contributed by atoms with Crippen LogP contribution in [0.15, 0.2) is 24.5 Å². The van der Waals surface area contributed by atoms with Crippen molar-refractivity contribution in [2.45, 2.75) is 19.8 Å². The van der Waals surface area contributed by atoms with Crippen LogP contribution in [-0.4, -0.2) is 29.1 Å². The normalized spacial score (nSPS) is 10.1. The summed E-state index contributed by atoms with van der Waals surface area (Å²) in [5, 5.41) is 0. The molecule has 0 bridgehead atoms. The summed E-state index contributed by atoms with van der Waals surface area (Å²) in [5.41, 5.74) is 0.515. The topological polar surface area (TPSA) is 39.2 Å². The predicted octanol–water partition coefficient (Wildman–Crippen LogP) is 2.77. The zero-order chi connectivity index (χ0) is 11.6. The van der Waals surface area contributed by atoms with Crippen LogP contribution in [0.25, 0.3) is 0 Å². The second-order valence-corrected chi connectivity index (χ2v) is 4.57. The first-order valence-corrected chi connectivity index (χ1v) is 6.65. The maximum Gasteiger partial charge on any atom is 0.339 e. The SMILES string of the molecule is CCCCSCCOC(=O)c1cccnc1. The smallest absolute Gasteiger partial charge is 0.339 e. The van der Waals surface area contributed by atoms with Gasteiger partial charge in [0.1, 0.15) is 6.61 Å². The Kier molecular flexibility index (Phi) is 6.65. The van der Waals surface area contributed by atoms with Gasteiger partial charge >= 0.3 is 5.97 Å². The lowest BCUT2D eigenvalue weighted by Gasteiger charge is -2.03. The number of nitrogens with zero attached hydrogens (tertiary/aromatic N) is 1. The van der Waals surface area contributed by atoms with E-state index >= 15 is 0 Å². The van der Waals surface area contributed by atoms with Gasteiger partial charge in [0.05, 0.1) is 5.56 Å². The monoisotopic (exact) mass is 239 g/mol. The van der Waals surface area contributed by atoms with Gasteiger partial charge in [-0.1, -0.05) is 13.3 Å². The van der Waals surface area contributed by atoms with E-state index in [0.29, 0.717) is 12.2 Å². The highest BCUT2D eigenvalue weighted by Gasteiger charge is 2.05. The fourth-order valence-corrected chi connectivity index (χ4v) is 2.01. The van der Waals surface area contributed by atoms with Crippen LogP contribution in [0.4, 0.5) is 0 Å². The number of thioether (sulfide) groups is 1. The molecule has 0 radical (unpaired) electrons. The van der Waals surface area contributed by atoms with Crippen molar-refractivity contribution < 1.29 is 9.53 Å². The molecule has 88 valence electrons. The largest absolute Gasteiger partial charge is 0.461 e. The summed E-state index contributed by atoms with van der Waals surface area (Å²) < 4.78 is 5.11. The second kappa shape index (κ2) is 8.16. The van der Waals surface area contributed by atoms with Crippen molar-refractivity contribution in [3.8, 4) is 0 Å². The molecule has 0 aliphatic rings. The van der Waals surface area contributed by atoms with Gasteiger partial charge in [-0.25, -0.2) is 4.79 Å². The summed E-state index contributed by atoms with van der Waals surface area (Å²) in [5.74, 6) is 1.72. The van der Waals surface area contributed by atoms with E-state index in [4.69, 9.17) is 4.74 Å². The van der Waals surface area contributed by atoms with Crippen molar-refractivity contribution in [2.75, 3.05) is 18.1 Å². The number of ether oxygens (including phenoxy) is 1. The average molecular weight is 239 g/mol. The third kappa shape index (κ3) is 5.16. The molecule has 4 heteroatoms. The van der Waals surface area contributed by atoms with E-state index in [2.05, 4.69) is 11.9 Å². The van der Waals surface area contributed by atoms with E-state index in [-0.39, 0.29) is 5.97 Å². The van der Waals surface area contributed by atoms with Crippen molar-refractivity contribution in [3.05, 3.63) is 30.1 Å². The van der Waals surface area contributed by atoms with Gasteiger partial charge in [0.15, 0.2) is 0 Å². The molecule has 0 saturated heterocycles. The molecule has 0 aromatic carbocycles. The highest BCUT2D eigenvalue weighted by molar-refractivity contribution is 7.99. The number of carbonyl (C=O) groups excluding carboxylic acids is 1. The van der Waals surface area contributed by atoms with E-state index < -0.39 is 0 Å². The second-order valence-electron chi connectivity index (χ2n) is 3.34. The average Bonchev–Trinajstić information content (AvgIpc) is 2.34. The van der Waals surface area contributed by atoms with E-state index in [1.54, 1.807) is 18.3 Å². The molecular weight excluding hydrogens is 222 g/mol. The summed E-state index contributed by atoms with van der Waals surface area (Å²) in [6, 6.07) is 3.44. The van der Waals surface area contributed by atoms with Gasteiger partial charge < -0.3 is 4.74 Å². The number of unbranched alkanes of at least 4 members (excludes halogenated alkanes) is 1. The number of rotatable bonds is 7. The lowest BCUT2D eigenvalue weighted by atomic mass is 10.3. The first-order valence-electron chi connectivity index (χ1n) is 5.49. The van der Waals surface area contributed by atoms with Crippen molar-refractivity contribution >= 4 is 17.7 Å². The molecule has 1 aromatic heterocycles. The Morgan fingerprint density at radius 2 is 2.38 bits per heavy atom. The van der Waals surface area contributed by atoms with Gasteiger partial charge in [-0.3, -0.25) is 4.98 Å². The molecular formula is C12H17NO2S. The Morgan fingerprint density at radius 1 is 1.50 bits per heavy atom. The Labute approximate surface area is 101 Å². The van der Waals surface area contributed by atoms with Crippen LogP contribution >= 0.6 is 11.8 Å². The molecule has 0 atom stereocenters. The molecule has 0 spiro atoms. The van der Waals surface area contributed by atoms with E-state index in [1.807, 2.05) is 11.8 Å². The molecule has 0 fully saturated rings. The Morgan fingerprint density at radius 3 is 3.06 bits per heavy atom. The summed E-state index contributed by atoms with van der Waals surface area (Å²) in [6.45, 7) is 2.64. The van der Waals surface area contributed by atoms with Gasteiger partial charge in [0.25, 0.3) is 0 Å². The van der Waals surface area contributed by atoms with Gasteiger partial charge in [-0.2, -0.15) is 11.8 Å². The quantitative estimate of drug-likeness (QED) is 0.542. The minimum absolute atomic E-state index is 0.288. The summed E-state index contributed by atoms with van der Waals surface area (Å²) in [6.07, 6.45) is 5.59. The van der Waals surface area contributed by atoms with Crippen LogP contribution in [0.1, 0.15) is 30.1 Å². The van der Waals surface area contributed by atoms with Crippen molar-refractivity contribution in [2.24, 2.45) is 0 Å². The zero-order valence-corrected chi connectivity index (χ0v) is 10.3. The first kappa shape index (κ1) is 13.0. The molecule has 0 aliphatic heterocycles. The fraction of sp³-hybridized carbons (Fsp3) is 0.500. The van der Waals surface area contributed by atoms with Crippen molar-refractivity contribution in [3.63, 3.8) is 0 Å². The lowest BCUT2D eigenvalue weighted by Crippen LogP contribution is -2.08. The molecule has 0 unspecified atom stereocenters. The number of pyridine rings is 1. The molecule has 16 heavy (non-hydrogen) atoms. The van der Waals surface area contributed by atoms with Crippen LogP contribution < -0.4 is 0 Å². The van der Waals surface area contributed by atoms with Crippen molar-refractivity contribution in [1.82, 2.24) is 4.98 Å². The van der Waals surface area contributed by atoms with Gasteiger partial charge in [0, 0.05) is 18.1 Å². The molecule has 3 nitrogen and oxygen atoms in total. The van der Waals surface area contributed by atoms with Crippen LogP contribution in [0.2, 0.25) is 0 Å². The number of hydrogen-bond acceptors (Lipinski definition) is 4. The van der Waals surface area contributed by atoms with Crippen LogP contribution in [0.5, 0.6) is 0 Å².